The zero-order chi connectivity index (χ0) is 14.9. The zero-order valence-electron chi connectivity index (χ0n) is 13.2. The number of aliphatic imine (C=N–C) groups is 1. The summed E-state index contributed by atoms with van der Waals surface area (Å²) in [5.74, 6) is 2.23. The van der Waals surface area contributed by atoms with Crippen molar-refractivity contribution < 1.29 is 4.79 Å². The van der Waals surface area contributed by atoms with E-state index in [-0.39, 0.29) is 29.0 Å². The average molecular weight is 341 g/mol. The molecule has 1 aliphatic carbocycles. The lowest BCUT2D eigenvalue weighted by Gasteiger charge is -2.38. The second kappa shape index (κ2) is 7.22. The molecule has 3 unspecified atom stereocenters. The number of carbonyl (C=O) groups is 1. The van der Waals surface area contributed by atoms with Crippen molar-refractivity contribution in [1.29, 1.82) is 0 Å². The predicted molar refractivity (Wildman–Crippen MR) is 97.1 cm³/mol. The van der Waals surface area contributed by atoms with Crippen LogP contribution in [-0.2, 0) is 4.79 Å². The molecule has 0 bridgehead atoms. The minimum absolute atomic E-state index is 0. The van der Waals surface area contributed by atoms with E-state index in [1.165, 1.54) is 5.71 Å². The number of nitrogens with one attached hydrogen (secondary N) is 1. The van der Waals surface area contributed by atoms with Crippen LogP contribution in [0.4, 0.5) is 0 Å². The van der Waals surface area contributed by atoms with Crippen molar-refractivity contribution in [2.75, 3.05) is 18.8 Å². The summed E-state index contributed by atoms with van der Waals surface area (Å²) < 4.78 is -0.0363. The van der Waals surface area contributed by atoms with E-state index in [0.29, 0.717) is 11.8 Å². The average Bonchev–Trinajstić information content (AvgIpc) is 2.90. The first kappa shape index (κ1) is 17.6. The number of allylic oxidation sites excluding steroid dienone is 3. The molecular formula is C17H25ClN2OS. The molecule has 3 rings (SSSR count). The molecule has 5 heteroatoms. The SMILES string of the molecule is CC[C@H](C)CNC(=O)C1CSC23C=CC=CC2=NCCC13.Cl. The van der Waals surface area contributed by atoms with Crippen LogP contribution in [0.5, 0.6) is 0 Å². The van der Waals surface area contributed by atoms with E-state index in [1.54, 1.807) is 0 Å². The summed E-state index contributed by atoms with van der Waals surface area (Å²) in [5, 5.41) is 3.17. The van der Waals surface area contributed by atoms with Gasteiger partial charge < -0.3 is 5.32 Å². The van der Waals surface area contributed by atoms with Crippen molar-refractivity contribution in [3.8, 4) is 0 Å². The van der Waals surface area contributed by atoms with Gasteiger partial charge in [0.05, 0.1) is 16.4 Å². The topological polar surface area (TPSA) is 41.5 Å². The van der Waals surface area contributed by atoms with Gasteiger partial charge >= 0.3 is 0 Å². The Morgan fingerprint density at radius 1 is 1.55 bits per heavy atom. The standard InChI is InChI=1S/C17H24N2OS.ClH/c1-3-12(2)10-19-16(20)13-11-21-17-8-5-4-6-15(17)18-9-7-14(13)17;/h4-6,8,12-14H,3,7,9-11H2,1-2H3,(H,19,20);1H/t12-,13?,14?,17?;/m0./s1. The number of amides is 1. The third-order valence-corrected chi connectivity index (χ3v) is 6.68. The van der Waals surface area contributed by atoms with Crippen LogP contribution in [-0.4, -0.2) is 35.2 Å². The molecule has 1 fully saturated rings. The van der Waals surface area contributed by atoms with Gasteiger partial charge in [0.25, 0.3) is 0 Å². The molecule has 1 N–H and O–H groups in total. The van der Waals surface area contributed by atoms with Crippen LogP contribution in [0.15, 0.2) is 29.3 Å². The van der Waals surface area contributed by atoms with Crippen LogP contribution >= 0.6 is 24.2 Å². The smallest absolute Gasteiger partial charge is 0.224 e. The molecule has 1 amide bonds. The Morgan fingerprint density at radius 3 is 3.14 bits per heavy atom. The van der Waals surface area contributed by atoms with E-state index in [0.717, 1.165) is 31.7 Å². The minimum atomic E-state index is -0.0363. The molecule has 2 heterocycles. The summed E-state index contributed by atoms with van der Waals surface area (Å²) in [6.45, 7) is 6.01. The number of thioether (sulfide) groups is 1. The fourth-order valence-electron chi connectivity index (χ4n) is 3.47. The van der Waals surface area contributed by atoms with E-state index in [4.69, 9.17) is 4.99 Å². The van der Waals surface area contributed by atoms with Crippen molar-refractivity contribution >= 4 is 35.8 Å². The number of carbonyl (C=O) groups excluding carboxylic acids is 1. The molecule has 122 valence electrons. The van der Waals surface area contributed by atoms with Crippen LogP contribution in [0.3, 0.4) is 0 Å². The maximum atomic E-state index is 12.6. The van der Waals surface area contributed by atoms with Crippen molar-refractivity contribution in [2.45, 2.75) is 31.4 Å². The first-order valence-electron chi connectivity index (χ1n) is 8.00. The number of hydrogen-bond acceptors (Lipinski definition) is 3. The third-order valence-electron chi connectivity index (χ3n) is 5.03. The minimum Gasteiger partial charge on any atom is -0.356 e. The van der Waals surface area contributed by atoms with Gasteiger partial charge in [0, 0.05) is 18.8 Å². The largest absolute Gasteiger partial charge is 0.356 e. The zero-order valence-corrected chi connectivity index (χ0v) is 14.9. The highest BCUT2D eigenvalue weighted by Gasteiger charge is 2.53. The van der Waals surface area contributed by atoms with Crippen LogP contribution in [0, 0.1) is 17.8 Å². The molecular weight excluding hydrogens is 316 g/mol. The van der Waals surface area contributed by atoms with Crippen molar-refractivity contribution in [1.82, 2.24) is 5.32 Å². The molecule has 3 nitrogen and oxygen atoms in total. The number of hydrogen-bond donors (Lipinski definition) is 1. The van der Waals surface area contributed by atoms with Crippen LogP contribution in [0.1, 0.15) is 26.7 Å². The van der Waals surface area contributed by atoms with Crippen molar-refractivity contribution in [3.63, 3.8) is 0 Å². The Kier molecular flexibility index (Phi) is 5.78. The normalized spacial score (nSPS) is 33.3. The van der Waals surface area contributed by atoms with Crippen molar-refractivity contribution in [2.24, 2.45) is 22.7 Å². The summed E-state index contributed by atoms with van der Waals surface area (Å²) in [7, 11) is 0. The van der Waals surface area contributed by atoms with Gasteiger partial charge in [0.1, 0.15) is 0 Å². The number of halogens is 1. The predicted octanol–water partition coefficient (Wildman–Crippen LogP) is 3.26. The first-order valence-corrected chi connectivity index (χ1v) is 8.98. The van der Waals surface area contributed by atoms with E-state index in [9.17, 15) is 4.79 Å². The Bertz CT molecular complexity index is 517. The highest BCUT2D eigenvalue weighted by atomic mass is 35.5. The molecule has 1 saturated heterocycles. The monoisotopic (exact) mass is 340 g/mol. The van der Waals surface area contributed by atoms with E-state index in [1.807, 2.05) is 11.8 Å². The molecule has 4 atom stereocenters. The Balaban J connectivity index is 0.00000176. The summed E-state index contributed by atoms with van der Waals surface area (Å²) >= 11 is 1.90. The van der Waals surface area contributed by atoms with Gasteiger partial charge in [-0.2, -0.15) is 0 Å². The molecule has 0 aromatic rings. The summed E-state index contributed by atoms with van der Waals surface area (Å²) in [4.78, 5) is 17.3. The van der Waals surface area contributed by atoms with Gasteiger partial charge in [-0.1, -0.05) is 38.5 Å². The second-order valence-electron chi connectivity index (χ2n) is 6.35. The molecule has 2 aliphatic heterocycles. The molecule has 1 spiro atoms. The van der Waals surface area contributed by atoms with Crippen LogP contribution in [0.25, 0.3) is 0 Å². The summed E-state index contributed by atoms with van der Waals surface area (Å²) in [6.07, 6.45) is 10.7. The second-order valence-corrected chi connectivity index (χ2v) is 7.65. The summed E-state index contributed by atoms with van der Waals surface area (Å²) in [5.41, 5.74) is 1.17. The quantitative estimate of drug-likeness (QED) is 0.853. The Hall–Kier alpha value is -0.740. The summed E-state index contributed by atoms with van der Waals surface area (Å²) in [6, 6.07) is 0. The van der Waals surface area contributed by atoms with Gasteiger partial charge in [-0.3, -0.25) is 9.79 Å². The van der Waals surface area contributed by atoms with Gasteiger partial charge in [-0.25, -0.2) is 0 Å². The highest BCUT2D eigenvalue weighted by Crippen LogP contribution is 2.52. The highest BCUT2D eigenvalue weighted by molar-refractivity contribution is 8.02. The lowest BCUT2D eigenvalue weighted by Crippen LogP contribution is -2.46. The van der Waals surface area contributed by atoms with E-state index < -0.39 is 0 Å². The van der Waals surface area contributed by atoms with Gasteiger partial charge in [0.15, 0.2) is 0 Å². The lowest BCUT2D eigenvalue weighted by atomic mass is 9.74. The van der Waals surface area contributed by atoms with E-state index >= 15 is 0 Å². The van der Waals surface area contributed by atoms with Crippen molar-refractivity contribution in [3.05, 3.63) is 24.3 Å². The Labute approximate surface area is 143 Å². The van der Waals surface area contributed by atoms with Crippen LogP contribution < -0.4 is 5.32 Å². The van der Waals surface area contributed by atoms with E-state index in [2.05, 4.69) is 43.5 Å². The molecule has 3 aliphatic rings. The number of rotatable bonds is 4. The third kappa shape index (κ3) is 3.00. The number of nitrogens with zero attached hydrogens (tertiary/aromatic N) is 1. The molecule has 0 saturated carbocycles. The maximum Gasteiger partial charge on any atom is 0.224 e. The maximum absolute atomic E-state index is 12.6. The fourth-order valence-corrected chi connectivity index (χ4v) is 5.26. The molecule has 22 heavy (non-hydrogen) atoms. The molecule has 0 aromatic carbocycles. The molecule has 0 radical (unpaired) electrons. The van der Waals surface area contributed by atoms with Gasteiger partial charge in [0.2, 0.25) is 5.91 Å². The lowest BCUT2D eigenvalue weighted by molar-refractivity contribution is -0.125. The van der Waals surface area contributed by atoms with Gasteiger partial charge in [-0.05, 0) is 24.3 Å². The van der Waals surface area contributed by atoms with Crippen LogP contribution in [0.2, 0.25) is 0 Å². The Morgan fingerprint density at radius 2 is 2.36 bits per heavy atom. The molecule has 0 aromatic heterocycles. The van der Waals surface area contributed by atoms with Gasteiger partial charge in [-0.15, -0.1) is 24.2 Å². The fraction of sp³-hybridized carbons (Fsp3) is 0.647. The first-order chi connectivity index (χ1) is 10.2.